The summed E-state index contributed by atoms with van der Waals surface area (Å²) >= 11 is 0. The number of fused-ring (bicyclic) bond motifs is 2. The lowest BCUT2D eigenvalue weighted by Gasteiger charge is -2.25. The van der Waals surface area contributed by atoms with Crippen LogP contribution in [0.25, 0.3) is 11.0 Å². The Kier molecular flexibility index (Phi) is 8.04. The maximum Gasteiger partial charge on any atom is 0.417 e. The van der Waals surface area contributed by atoms with Gasteiger partial charge in [-0.1, -0.05) is 19.4 Å². The largest absolute Gasteiger partial charge is 0.491 e. The van der Waals surface area contributed by atoms with Crippen molar-refractivity contribution in [1.82, 2.24) is 10.2 Å². The van der Waals surface area contributed by atoms with Crippen LogP contribution < -0.4 is 25.2 Å². The molecule has 0 saturated carbocycles. The SMILES string of the molecule is CCCc1c(OCCOCCN2C(=O)NC(C)(c3ccc4c(c3)OCCO4)C2=O)ccc2c(C(F)(F)F)cc(=O)oc12. The van der Waals surface area contributed by atoms with E-state index in [9.17, 15) is 27.6 Å². The molecular formula is C29H29F3N2O8. The molecular weight excluding hydrogens is 561 g/mol. The molecule has 1 aromatic heterocycles. The third-order valence-corrected chi connectivity index (χ3v) is 7.12. The molecule has 1 atom stereocenters. The van der Waals surface area contributed by atoms with E-state index < -0.39 is 34.8 Å². The molecule has 2 aliphatic heterocycles. The van der Waals surface area contributed by atoms with Crippen LogP contribution in [-0.2, 0) is 27.7 Å². The molecule has 5 rings (SSSR count). The lowest BCUT2D eigenvalue weighted by atomic mass is 9.91. The highest BCUT2D eigenvalue weighted by atomic mass is 19.4. The van der Waals surface area contributed by atoms with Gasteiger partial charge in [-0.3, -0.25) is 9.69 Å². The summed E-state index contributed by atoms with van der Waals surface area (Å²) in [6.45, 7) is 4.39. The zero-order valence-electron chi connectivity index (χ0n) is 23.0. The van der Waals surface area contributed by atoms with Crippen LogP contribution in [0.1, 0.15) is 37.0 Å². The standard InChI is InChI=1S/C29H29F3N2O8/c1-3-4-19-21(8-6-18-20(29(30,31)32)16-24(35)42-25(18)19)39-12-11-38-10-9-34-26(36)28(2,33-27(34)37)17-5-7-22-23(15-17)41-14-13-40-22/h5-8,15-16H,3-4,9-14H2,1-2H3,(H,33,37). The first-order valence-corrected chi connectivity index (χ1v) is 13.4. The fourth-order valence-corrected chi connectivity index (χ4v) is 5.04. The van der Waals surface area contributed by atoms with Crippen molar-refractivity contribution in [3.8, 4) is 17.2 Å². The van der Waals surface area contributed by atoms with E-state index in [1.807, 2.05) is 6.92 Å². The first-order valence-electron chi connectivity index (χ1n) is 13.4. The van der Waals surface area contributed by atoms with Crippen molar-refractivity contribution in [2.24, 2.45) is 0 Å². The Bertz CT molecular complexity index is 1570. The van der Waals surface area contributed by atoms with Gasteiger partial charge in [0.2, 0.25) is 0 Å². The number of imide groups is 1. The molecule has 224 valence electrons. The Morgan fingerprint density at radius 1 is 1.00 bits per heavy atom. The molecule has 1 saturated heterocycles. The summed E-state index contributed by atoms with van der Waals surface area (Å²) in [7, 11) is 0. The molecule has 3 heterocycles. The van der Waals surface area contributed by atoms with Crippen LogP contribution in [0.3, 0.4) is 0 Å². The van der Waals surface area contributed by atoms with Crippen molar-refractivity contribution in [3.63, 3.8) is 0 Å². The van der Waals surface area contributed by atoms with E-state index in [0.29, 0.717) is 54.7 Å². The van der Waals surface area contributed by atoms with Gasteiger partial charge in [0.15, 0.2) is 11.5 Å². The summed E-state index contributed by atoms with van der Waals surface area (Å²) in [6.07, 6.45) is -3.82. The summed E-state index contributed by atoms with van der Waals surface area (Å²) in [5, 5.41) is 2.52. The zero-order valence-corrected chi connectivity index (χ0v) is 23.0. The van der Waals surface area contributed by atoms with Gasteiger partial charge in [0, 0.05) is 17.0 Å². The predicted octanol–water partition coefficient (Wildman–Crippen LogP) is 4.40. The highest BCUT2D eigenvalue weighted by Crippen LogP contribution is 2.38. The smallest absolute Gasteiger partial charge is 0.417 e. The van der Waals surface area contributed by atoms with Crippen LogP contribution in [0, 0.1) is 0 Å². The van der Waals surface area contributed by atoms with Gasteiger partial charge in [-0.15, -0.1) is 0 Å². The van der Waals surface area contributed by atoms with Crippen molar-refractivity contribution >= 4 is 22.9 Å². The van der Waals surface area contributed by atoms with E-state index >= 15 is 0 Å². The molecule has 2 aliphatic rings. The molecule has 0 aliphatic carbocycles. The van der Waals surface area contributed by atoms with Crippen LogP contribution in [0.2, 0.25) is 0 Å². The second-order valence-corrected chi connectivity index (χ2v) is 9.98. The lowest BCUT2D eigenvalue weighted by Crippen LogP contribution is -2.41. The number of rotatable bonds is 10. The van der Waals surface area contributed by atoms with Crippen molar-refractivity contribution in [2.45, 2.75) is 38.4 Å². The van der Waals surface area contributed by atoms with Gasteiger partial charge in [0.05, 0.1) is 25.3 Å². The average molecular weight is 591 g/mol. The second kappa shape index (κ2) is 11.6. The summed E-state index contributed by atoms with van der Waals surface area (Å²) in [4.78, 5) is 38.8. The number of amides is 3. The van der Waals surface area contributed by atoms with Gasteiger partial charge >= 0.3 is 17.8 Å². The number of carbonyl (C=O) groups excluding carboxylic acids is 2. The van der Waals surface area contributed by atoms with Crippen molar-refractivity contribution in [1.29, 1.82) is 0 Å². The fraction of sp³-hybridized carbons (Fsp3) is 0.414. The number of nitrogens with one attached hydrogen (secondary N) is 1. The van der Waals surface area contributed by atoms with E-state index in [-0.39, 0.29) is 43.1 Å². The Balaban J connectivity index is 1.18. The Labute approximate surface area is 238 Å². The molecule has 0 bridgehead atoms. The molecule has 2 aromatic carbocycles. The van der Waals surface area contributed by atoms with E-state index in [1.54, 1.807) is 25.1 Å². The second-order valence-electron chi connectivity index (χ2n) is 9.98. The summed E-state index contributed by atoms with van der Waals surface area (Å²) < 4.78 is 68.1. The number of alkyl halides is 3. The van der Waals surface area contributed by atoms with Gasteiger partial charge in [-0.05, 0) is 43.2 Å². The van der Waals surface area contributed by atoms with Gasteiger partial charge in [-0.2, -0.15) is 13.2 Å². The number of aryl methyl sites for hydroxylation is 1. The highest BCUT2D eigenvalue weighted by Gasteiger charge is 2.49. The third kappa shape index (κ3) is 5.60. The summed E-state index contributed by atoms with van der Waals surface area (Å²) in [5.74, 6) is 0.906. The van der Waals surface area contributed by atoms with Crippen molar-refractivity contribution in [3.05, 3.63) is 63.5 Å². The zero-order chi connectivity index (χ0) is 30.1. The fourth-order valence-electron chi connectivity index (χ4n) is 5.04. The van der Waals surface area contributed by atoms with Crippen molar-refractivity contribution in [2.75, 3.05) is 39.6 Å². The number of urea groups is 1. The summed E-state index contributed by atoms with van der Waals surface area (Å²) in [5.41, 5.74) is -2.70. The molecule has 3 aromatic rings. The number of hydrogen-bond acceptors (Lipinski definition) is 8. The van der Waals surface area contributed by atoms with E-state index in [2.05, 4.69) is 5.32 Å². The van der Waals surface area contributed by atoms with Crippen molar-refractivity contribution < 1.29 is 46.1 Å². The first kappa shape index (κ1) is 29.2. The predicted molar refractivity (Wildman–Crippen MR) is 143 cm³/mol. The van der Waals surface area contributed by atoms with Gasteiger partial charge in [0.25, 0.3) is 5.91 Å². The van der Waals surface area contributed by atoms with Gasteiger partial charge < -0.3 is 28.7 Å². The number of ether oxygens (including phenoxy) is 4. The average Bonchev–Trinajstić information content (AvgIpc) is 3.18. The molecule has 42 heavy (non-hydrogen) atoms. The number of nitrogens with zero attached hydrogens (tertiary/aromatic N) is 1. The maximum absolute atomic E-state index is 13.5. The highest BCUT2D eigenvalue weighted by molar-refractivity contribution is 6.07. The summed E-state index contributed by atoms with van der Waals surface area (Å²) in [6, 6.07) is 7.59. The molecule has 3 amide bonds. The minimum atomic E-state index is -4.72. The van der Waals surface area contributed by atoms with Crippen LogP contribution in [-0.4, -0.2) is 56.4 Å². The minimum absolute atomic E-state index is 0.00670. The normalized spacial score (nSPS) is 18.5. The van der Waals surface area contributed by atoms with Gasteiger partial charge in [0.1, 0.15) is 36.7 Å². The van der Waals surface area contributed by atoms with Gasteiger partial charge in [-0.25, -0.2) is 9.59 Å². The molecule has 0 radical (unpaired) electrons. The quantitative estimate of drug-likeness (QED) is 0.210. The van der Waals surface area contributed by atoms with Crippen LogP contribution in [0.4, 0.5) is 18.0 Å². The molecule has 10 nitrogen and oxygen atoms in total. The van der Waals surface area contributed by atoms with Crippen LogP contribution in [0.5, 0.6) is 17.2 Å². The first-order chi connectivity index (χ1) is 20.0. The van der Waals surface area contributed by atoms with Crippen LogP contribution >= 0.6 is 0 Å². The minimum Gasteiger partial charge on any atom is -0.491 e. The Morgan fingerprint density at radius 3 is 2.50 bits per heavy atom. The monoisotopic (exact) mass is 590 g/mol. The Hall–Kier alpha value is -4.26. The maximum atomic E-state index is 13.5. The lowest BCUT2D eigenvalue weighted by molar-refractivity contribution is -0.136. The molecule has 0 spiro atoms. The molecule has 1 fully saturated rings. The van der Waals surface area contributed by atoms with E-state index in [1.165, 1.54) is 12.1 Å². The number of carbonyl (C=O) groups is 2. The Morgan fingerprint density at radius 2 is 1.76 bits per heavy atom. The number of halogens is 3. The molecule has 1 N–H and O–H groups in total. The number of hydrogen-bond donors (Lipinski definition) is 1. The van der Waals surface area contributed by atoms with Crippen LogP contribution in [0.15, 0.2) is 45.6 Å². The number of benzene rings is 2. The van der Waals surface area contributed by atoms with E-state index in [0.717, 1.165) is 4.90 Å². The molecule has 13 heteroatoms. The van der Waals surface area contributed by atoms with E-state index in [4.69, 9.17) is 23.4 Å². The topological polar surface area (TPSA) is 117 Å². The molecule has 1 unspecified atom stereocenters. The third-order valence-electron chi connectivity index (χ3n) is 7.12.